The predicted octanol–water partition coefficient (Wildman–Crippen LogP) is 15.4. The molecule has 74 heavy (non-hydrogen) atoms. The van der Waals surface area contributed by atoms with Crippen LogP contribution in [-0.4, -0.2) is 9.13 Å². The Morgan fingerprint density at radius 3 is 0.932 bits per heavy atom. The van der Waals surface area contributed by atoms with Crippen LogP contribution < -0.4 is 0 Å². The molecule has 0 unspecified atom stereocenters. The van der Waals surface area contributed by atoms with Gasteiger partial charge in [0.15, 0.2) is 0 Å². The minimum absolute atomic E-state index is 0.377. The minimum Gasteiger partial charge on any atom is -0.308 e. The lowest BCUT2D eigenvalue weighted by Gasteiger charge is -2.20. The molecule has 2 aromatic heterocycles. The molecule has 0 radical (unpaired) electrons. The summed E-state index contributed by atoms with van der Waals surface area (Å²) in [5.74, 6) is 0. The maximum Gasteiger partial charge on any atom is 0.104 e. The van der Waals surface area contributed by atoms with Gasteiger partial charge in [-0.25, -0.2) is 0 Å². The minimum atomic E-state index is 0.377. The van der Waals surface area contributed by atoms with Gasteiger partial charge in [-0.2, -0.15) is 31.6 Å². The zero-order chi connectivity index (χ0) is 50.5. The fourth-order valence-corrected chi connectivity index (χ4v) is 10.3. The first-order chi connectivity index (χ1) is 36.4. The van der Waals surface area contributed by atoms with E-state index in [2.05, 4.69) is 118 Å². The number of hydrogen-bond donors (Lipinski definition) is 0. The van der Waals surface area contributed by atoms with Gasteiger partial charge in [0.05, 0.1) is 91.6 Å². The molecule has 0 aliphatic rings. The summed E-state index contributed by atoms with van der Waals surface area (Å²) < 4.78 is 4.35. The first kappa shape index (κ1) is 44.0. The SMILES string of the molecule is N#Cc1ccc(-c2ccc3c4ccc(-c5ccc(C#N)cc5)cc4n(-c4ccc(-c5cccc(C#N)c5)c(-n5c6cc(-c7ccc(C#N)cc7)ccc6c6ccc(-c7ccc(C#N)cc7)cc65)c4C#N)c3c2)cc1. The fourth-order valence-electron chi connectivity index (χ4n) is 10.3. The zero-order valence-corrected chi connectivity index (χ0v) is 39.2. The Bertz CT molecular complexity index is 4340. The maximum absolute atomic E-state index is 12.1. The molecule has 8 heteroatoms. The maximum atomic E-state index is 12.1. The number of benzene rings is 10. The van der Waals surface area contributed by atoms with Gasteiger partial charge in [-0.3, -0.25) is 0 Å². The molecule has 8 nitrogen and oxygen atoms in total. The van der Waals surface area contributed by atoms with E-state index >= 15 is 0 Å². The van der Waals surface area contributed by atoms with Gasteiger partial charge in [-0.15, -0.1) is 0 Å². The molecule has 0 saturated carbocycles. The Labute approximate surface area is 425 Å². The van der Waals surface area contributed by atoms with Crippen molar-refractivity contribution in [3.63, 3.8) is 0 Å². The van der Waals surface area contributed by atoms with Gasteiger partial charge in [-0.05, 0) is 141 Å². The summed E-state index contributed by atoms with van der Waals surface area (Å²) in [5, 5.41) is 64.7. The Morgan fingerprint density at radius 1 is 0.257 bits per heavy atom. The van der Waals surface area contributed by atoms with Crippen molar-refractivity contribution in [2.45, 2.75) is 0 Å². The lowest BCUT2D eigenvalue weighted by Crippen LogP contribution is -2.06. The first-order valence-corrected chi connectivity index (χ1v) is 23.7. The van der Waals surface area contributed by atoms with Crippen LogP contribution in [0.25, 0.3) is 111 Å². The quantitative estimate of drug-likeness (QED) is 0.155. The van der Waals surface area contributed by atoms with Gasteiger partial charge in [-0.1, -0.05) is 115 Å². The van der Waals surface area contributed by atoms with Crippen molar-refractivity contribution in [1.82, 2.24) is 9.13 Å². The van der Waals surface area contributed by atoms with E-state index in [0.29, 0.717) is 44.8 Å². The molecule has 12 aromatic rings. The smallest absolute Gasteiger partial charge is 0.104 e. The molecule has 10 aromatic carbocycles. The monoisotopic (exact) mass is 938 g/mol. The van der Waals surface area contributed by atoms with Crippen LogP contribution in [0.4, 0.5) is 0 Å². The molecule has 12 rings (SSSR count). The number of fused-ring (bicyclic) bond motifs is 6. The Kier molecular flexibility index (Phi) is 10.7. The van der Waals surface area contributed by atoms with Crippen LogP contribution in [0.15, 0.2) is 206 Å². The van der Waals surface area contributed by atoms with Gasteiger partial charge in [0.2, 0.25) is 0 Å². The lowest BCUT2D eigenvalue weighted by molar-refractivity contribution is 1.12. The lowest BCUT2D eigenvalue weighted by atomic mass is 9.96. The van der Waals surface area contributed by atoms with Crippen molar-refractivity contribution in [3.05, 3.63) is 240 Å². The third-order valence-electron chi connectivity index (χ3n) is 14.0. The van der Waals surface area contributed by atoms with E-state index in [-0.39, 0.29) is 0 Å². The van der Waals surface area contributed by atoms with Crippen LogP contribution in [0, 0.1) is 68.0 Å². The molecule has 0 amide bonds. The van der Waals surface area contributed by atoms with Gasteiger partial charge in [0.1, 0.15) is 11.6 Å². The summed E-state index contributed by atoms with van der Waals surface area (Å²) in [4.78, 5) is 0. The average molecular weight is 939 g/mol. The van der Waals surface area contributed by atoms with Crippen molar-refractivity contribution in [2.75, 3.05) is 0 Å². The summed E-state index contributed by atoms with van der Waals surface area (Å²) in [6.07, 6.45) is 0. The molecule has 0 saturated heterocycles. The number of nitriles is 6. The third-order valence-corrected chi connectivity index (χ3v) is 14.0. The summed E-state index contributed by atoms with van der Waals surface area (Å²) in [6.45, 7) is 0. The number of rotatable bonds is 7. The molecule has 0 aliphatic carbocycles. The van der Waals surface area contributed by atoms with E-state index in [9.17, 15) is 31.6 Å². The van der Waals surface area contributed by atoms with E-state index in [0.717, 1.165) is 99.2 Å². The van der Waals surface area contributed by atoms with Crippen LogP contribution in [-0.2, 0) is 0 Å². The molecule has 0 spiro atoms. The topological polar surface area (TPSA) is 153 Å². The van der Waals surface area contributed by atoms with Crippen LogP contribution in [0.3, 0.4) is 0 Å². The summed E-state index contributed by atoms with van der Waals surface area (Å²) in [5.41, 5.74) is 16.5. The zero-order valence-electron chi connectivity index (χ0n) is 39.2. The highest BCUT2D eigenvalue weighted by atomic mass is 15.0. The van der Waals surface area contributed by atoms with Crippen molar-refractivity contribution in [1.29, 1.82) is 31.6 Å². The molecule has 2 heterocycles. The van der Waals surface area contributed by atoms with Crippen molar-refractivity contribution >= 4 is 43.6 Å². The number of nitrogens with zero attached hydrogens (tertiary/aromatic N) is 8. The fraction of sp³-hybridized carbons (Fsp3) is 0. The predicted molar refractivity (Wildman–Crippen MR) is 291 cm³/mol. The largest absolute Gasteiger partial charge is 0.308 e. The second-order valence-corrected chi connectivity index (χ2v) is 18.0. The highest BCUT2D eigenvalue weighted by molar-refractivity contribution is 6.14. The summed E-state index contributed by atoms with van der Waals surface area (Å²) >= 11 is 0. The average Bonchev–Trinajstić information content (AvgIpc) is 3.97. The molecule has 0 atom stereocenters. The molecule has 0 aliphatic heterocycles. The second-order valence-electron chi connectivity index (χ2n) is 18.0. The van der Waals surface area contributed by atoms with Crippen LogP contribution >= 0.6 is 0 Å². The molecule has 0 fully saturated rings. The highest BCUT2D eigenvalue weighted by Gasteiger charge is 2.26. The molecule has 0 bridgehead atoms. The third kappa shape index (κ3) is 7.35. The molecular formula is C66H34N8. The normalized spacial score (nSPS) is 10.9. The van der Waals surface area contributed by atoms with Gasteiger partial charge < -0.3 is 9.13 Å². The molecule has 0 N–H and O–H groups in total. The van der Waals surface area contributed by atoms with E-state index in [4.69, 9.17) is 0 Å². The summed E-state index contributed by atoms with van der Waals surface area (Å²) in [6, 6.07) is 80.8. The highest BCUT2D eigenvalue weighted by Crippen LogP contribution is 2.45. The molecular weight excluding hydrogens is 905 g/mol. The first-order valence-electron chi connectivity index (χ1n) is 23.7. The van der Waals surface area contributed by atoms with Crippen LogP contribution in [0.5, 0.6) is 0 Å². The van der Waals surface area contributed by atoms with Crippen molar-refractivity contribution in [3.8, 4) is 103 Å². The van der Waals surface area contributed by atoms with E-state index < -0.39 is 0 Å². The molecule has 338 valence electrons. The number of hydrogen-bond acceptors (Lipinski definition) is 6. The number of aromatic nitrogens is 2. The van der Waals surface area contributed by atoms with E-state index in [1.54, 1.807) is 6.07 Å². The van der Waals surface area contributed by atoms with Gasteiger partial charge >= 0.3 is 0 Å². The van der Waals surface area contributed by atoms with Crippen molar-refractivity contribution < 1.29 is 0 Å². The van der Waals surface area contributed by atoms with E-state index in [1.807, 2.05) is 127 Å². The van der Waals surface area contributed by atoms with Crippen molar-refractivity contribution in [2.24, 2.45) is 0 Å². The standard InChI is InChI=1S/C66H34N8/c67-35-41-4-12-46(13-5-41)50-20-24-56-57-25-21-51(47-14-6-42(36-68)7-15-47)32-63(57)73(62(56)31-50)61-29-28-55(54-3-1-2-45(30-54)39-71)66(60(61)40-72)74-64-33-52(48-16-8-43(37-69)9-17-48)22-26-58(64)59-27-23-53(34-65(59)74)49-18-10-44(38-70)11-19-49/h1-34H. The Morgan fingerprint density at radius 2 is 0.595 bits per heavy atom. The summed E-state index contributed by atoms with van der Waals surface area (Å²) in [7, 11) is 0. The van der Waals surface area contributed by atoms with Gasteiger partial charge in [0.25, 0.3) is 0 Å². The van der Waals surface area contributed by atoms with Crippen LogP contribution in [0.2, 0.25) is 0 Å². The van der Waals surface area contributed by atoms with Crippen LogP contribution in [0.1, 0.15) is 33.4 Å². The second kappa shape index (κ2) is 17.9. The van der Waals surface area contributed by atoms with E-state index in [1.165, 1.54) is 0 Å². The Balaban J connectivity index is 1.22. The van der Waals surface area contributed by atoms with Gasteiger partial charge in [0, 0.05) is 27.1 Å². The Hall–Kier alpha value is -11.3.